The lowest BCUT2D eigenvalue weighted by atomic mass is 10.1. The summed E-state index contributed by atoms with van der Waals surface area (Å²) in [6.07, 6.45) is -2.76. The van der Waals surface area contributed by atoms with Crippen LogP contribution in [0.1, 0.15) is 24.0 Å². The number of pyridine rings is 1. The van der Waals surface area contributed by atoms with E-state index >= 15 is 0 Å². The van der Waals surface area contributed by atoms with E-state index in [0.717, 1.165) is 17.8 Å². The quantitative estimate of drug-likeness (QED) is 0.740. The maximum Gasteiger partial charge on any atom is 0.417 e. The van der Waals surface area contributed by atoms with E-state index in [9.17, 15) is 18.0 Å². The fourth-order valence-corrected chi connectivity index (χ4v) is 3.25. The molecular weight excluding hydrogens is 415 g/mol. The number of nitrogens with one attached hydrogen (secondary N) is 1. The minimum absolute atomic E-state index is 0.143. The molecule has 2 amide bonds. The number of piperidine rings is 1. The summed E-state index contributed by atoms with van der Waals surface area (Å²) in [6.45, 7) is 1.29. The zero-order valence-corrected chi connectivity index (χ0v) is 17.2. The predicted molar refractivity (Wildman–Crippen MR) is 106 cm³/mol. The molecule has 0 unspecified atom stereocenters. The maximum absolute atomic E-state index is 12.6. The van der Waals surface area contributed by atoms with Crippen LogP contribution in [0, 0.1) is 0 Å². The zero-order chi connectivity index (χ0) is 22.4. The first-order valence-corrected chi connectivity index (χ1v) is 9.73. The smallest absolute Gasteiger partial charge is 0.417 e. The molecule has 168 valence electrons. The van der Waals surface area contributed by atoms with Crippen LogP contribution in [0.2, 0.25) is 0 Å². The normalized spacial score (nSPS) is 14.8. The fraction of sp³-hybridized carbons (Fsp3) is 0.429. The van der Waals surface area contributed by atoms with Crippen LogP contribution in [0.4, 0.5) is 18.0 Å². The number of amides is 2. The van der Waals surface area contributed by atoms with E-state index in [1.165, 1.54) is 6.07 Å². The highest BCUT2D eigenvalue weighted by Gasteiger charge is 2.31. The van der Waals surface area contributed by atoms with Gasteiger partial charge in [0.1, 0.15) is 6.10 Å². The van der Waals surface area contributed by atoms with Crippen molar-refractivity contribution in [2.24, 2.45) is 0 Å². The number of carbonyl (C=O) groups excluding carboxylic acids is 1. The van der Waals surface area contributed by atoms with Crippen molar-refractivity contribution in [1.29, 1.82) is 0 Å². The second-order valence-electron chi connectivity index (χ2n) is 7.04. The lowest BCUT2D eigenvalue weighted by molar-refractivity contribution is -0.137. The molecule has 1 saturated heterocycles. The highest BCUT2D eigenvalue weighted by Crippen LogP contribution is 2.30. The summed E-state index contributed by atoms with van der Waals surface area (Å²) in [6, 6.07) is 7.39. The summed E-state index contributed by atoms with van der Waals surface area (Å²) < 4.78 is 53.9. The molecular formula is C21H24F3N3O4. The van der Waals surface area contributed by atoms with Crippen LogP contribution in [0.25, 0.3) is 0 Å². The van der Waals surface area contributed by atoms with Gasteiger partial charge in [0.25, 0.3) is 0 Å². The van der Waals surface area contributed by atoms with Gasteiger partial charge in [-0.25, -0.2) is 9.78 Å². The molecule has 31 heavy (non-hydrogen) atoms. The monoisotopic (exact) mass is 439 g/mol. The summed E-state index contributed by atoms with van der Waals surface area (Å²) in [5, 5.41) is 2.87. The lowest BCUT2D eigenvalue weighted by Crippen LogP contribution is -2.46. The molecule has 0 spiro atoms. The second kappa shape index (κ2) is 9.76. The number of urea groups is 1. The molecule has 1 aliphatic rings. The Morgan fingerprint density at radius 3 is 2.42 bits per heavy atom. The average Bonchev–Trinajstić information content (AvgIpc) is 2.77. The number of aromatic nitrogens is 1. The number of carbonyl (C=O) groups is 1. The fourth-order valence-electron chi connectivity index (χ4n) is 3.25. The first kappa shape index (κ1) is 22.5. The molecule has 0 saturated carbocycles. The van der Waals surface area contributed by atoms with E-state index in [-0.39, 0.29) is 18.0 Å². The molecule has 2 heterocycles. The van der Waals surface area contributed by atoms with Crippen molar-refractivity contribution in [2.45, 2.75) is 31.7 Å². The van der Waals surface area contributed by atoms with Crippen molar-refractivity contribution in [3.63, 3.8) is 0 Å². The summed E-state index contributed by atoms with van der Waals surface area (Å²) in [5.41, 5.74) is 0.0541. The number of ether oxygens (including phenoxy) is 3. The molecule has 7 nitrogen and oxygen atoms in total. The molecule has 0 aliphatic carbocycles. The van der Waals surface area contributed by atoms with Crippen LogP contribution in [-0.2, 0) is 12.7 Å². The van der Waals surface area contributed by atoms with E-state index in [1.54, 1.807) is 31.3 Å². The van der Waals surface area contributed by atoms with Gasteiger partial charge in [0.2, 0.25) is 5.88 Å². The number of likely N-dealkylation sites (tertiary alicyclic amines) is 1. The minimum atomic E-state index is -4.43. The van der Waals surface area contributed by atoms with Crippen LogP contribution >= 0.6 is 0 Å². The highest BCUT2D eigenvalue weighted by molar-refractivity contribution is 5.74. The van der Waals surface area contributed by atoms with Gasteiger partial charge in [-0.05, 0) is 23.8 Å². The Labute approximate surface area is 178 Å². The van der Waals surface area contributed by atoms with E-state index in [2.05, 4.69) is 10.3 Å². The van der Waals surface area contributed by atoms with Crippen molar-refractivity contribution >= 4 is 6.03 Å². The SMILES string of the molecule is COc1ccc(CNC(=O)N2CCC(Oc3ccc(C(F)(F)F)cn3)CC2)cc1OC. The molecule has 1 fully saturated rings. The van der Waals surface area contributed by atoms with E-state index in [0.29, 0.717) is 44.0 Å². The number of alkyl halides is 3. The van der Waals surface area contributed by atoms with Crippen LogP contribution in [0.3, 0.4) is 0 Å². The van der Waals surface area contributed by atoms with Gasteiger partial charge in [-0.2, -0.15) is 13.2 Å². The molecule has 1 aromatic carbocycles. The molecule has 2 aromatic rings. The molecule has 1 N–H and O–H groups in total. The van der Waals surface area contributed by atoms with Gasteiger partial charge in [-0.3, -0.25) is 0 Å². The standard InChI is InChI=1S/C21H24F3N3O4/c1-29-17-5-3-14(11-18(17)30-2)12-26-20(28)27-9-7-16(8-10-27)31-19-6-4-15(13-25-19)21(22,23)24/h3-6,11,13,16H,7-10,12H2,1-2H3,(H,26,28). The molecule has 0 atom stereocenters. The summed E-state index contributed by atoms with van der Waals surface area (Å²) in [4.78, 5) is 17.9. The Hall–Kier alpha value is -3.17. The third-order valence-electron chi connectivity index (χ3n) is 4.97. The Kier molecular flexibility index (Phi) is 7.09. The number of benzene rings is 1. The Bertz CT molecular complexity index is 882. The molecule has 1 aromatic heterocycles. The largest absolute Gasteiger partial charge is 0.493 e. The number of hydrogen-bond donors (Lipinski definition) is 1. The van der Waals surface area contributed by atoms with E-state index < -0.39 is 11.7 Å². The first-order valence-electron chi connectivity index (χ1n) is 9.73. The van der Waals surface area contributed by atoms with Crippen molar-refractivity contribution in [3.8, 4) is 17.4 Å². The summed E-state index contributed by atoms with van der Waals surface area (Å²) in [5.74, 6) is 1.34. The third kappa shape index (κ3) is 5.93. The lowest BCUT2D eigenvalue weighted by Gasteiger charge is -2.32. The summed E-state index contributed by atoms with van der Waals surface area (Å²) >= 11 is 0. The Morgan fingerprint density at radius 1 is 1.13 bits per heavy atom. The molecule has 10 heteroatoms. The number of methoxy groups -OCH3 is 2. The van der Waals surface area contributed by atoms with Gasteiger partial charge < -0.3 is 24.4 Å². The van der Waals surface area contributed by atoms with Gasteiger partial charge in [0, 0.05) is 44.7 Å². The molecule has 0 radical (unpaired) electrons. The van der Waals surface area contributed by atoms with Gasteiger partial charge in [0.05, 0.1) is 19.8 Å². The number of hydrogen-bond acceptors (Lipinski definition) is 5. The van der Waals surface area contributed by atoms with Crippen molar-refractivity contribution in [3.05, 3.63) is 47.7 Å². The molecule has 3 rings (SSSR count). The van der Waals surface area contributed by atoms with Crippen LogP contribution in [-0.4, -0.2) is 49.3 Å². The van der Waals surface area contributed by atoms with Crippen LogP contribution in [0.5, 0.6) is 17.4 Å². The minimum Gasteiger partial charge on any atom is -0.493 e. The van der Waals surface area contributed by atoms with E-state index in [4.69, 9.17) is 14.2 Å². The molecule has 0 bridgehead atoms. The van der Waals surface area contributed by atoms with Gasteiger partial charge in [0.15, 0.2) is 11.5 Å². The highest BCUT2D eigenvalue weighted by atomic mass is 19.4. The van der Waals surface area contributed by atoms with E-state index in [1.807, 2.05) is 6.07 Å². The topological polar surface area (TPSA) is 72.9 Å². The van der Waals surface area contributed by atoms with Crippen molar-refractivity contribution in [1.82, 2.24) is 15.2 Å². The predicted octanol–water partition coefficient (Wildman–Crippen LogP) is 3.87. The average molecular weight is 439 g/mol. The Balaban J connectivity index is 1.45. The third-order valence-corrected chi connectivity index (χ3v) is 4.97. The second-order valence-corrected chi connectivity index (χ2v) is 7.04. The number of nitrogens with zero attached hydrogens (tertiary/aromatic N) is 2. The van der Waals surface area contributed by atoms with Crippen molar-refractivity contribution < 1.29 is 32.2 Å². The van der Waals surface area contributed by atoms with Gasteiger partial charge in [-0.1, -0.05) is 6.07 Å². The van der Waals surface area contributed by atoms with Crippen LogP contribution in [0.15, 0.2) is 36.5 Å². The maximum atomic E-state index is 12.6. The van der Waals surface area contributed by atoms with Gasteiger partial charge in [-0.15, -0.1) is 0 Å². The number of rotatable bonds is 6. The summed E-state index contributed by atoms with van der Waals surface area (Å²) in [7, 11) is 3.10. The first-order chi connectivity index (χ1) is 14.8. The van der Waals surface area contributed by atoms with Crippen LogP contribution < -0.4 is 19.5 Å². The Morgan fingerprint density at radius 2 is 1.84 bits per heavy atom. The van der Waals surface area contributed by atoms with Crippen molar-refractivity contribution in [2.75, 3.05) is 27.3 Å². The number of halogens is 3. The van der Waals surface area contributed by atoms with Gasteiger partial charge >= 0.3 is 12.2 Å². The molecule has 1 aliphatic heterocycles. The zero-order valence-electron chi connectivity index (χ0n) is 17.2.